The molecule has 2 N–H and O–H groups in total. The van der Waals surface area contributed by atoms with E-state index < -0.39 is 5.91 Å². The summed E-state index contributed by atoms with van der Waals surface area (Å²) in [6, 6.07) is 12.5. The molecular formula is C19H21N5O. The fraction of sp³-hybridized carbons (Fsp3) is 0.316. The zero-order valence-corrected chi connectivity index (χ0v) is 14.0. The molecule has 0 saturated carbocycles. The highest BCUT2D eigenvalue weighted by molar-refractivity contribution is 5.98. The Bertz CT molecular complexity index is 889. The van der Waals surface area contributed by atoms with E-state index in [1.54, 1.807) is 10.7 Å². The molecule has 1 aromatic carbocycles. The van der Waals surface area contributed by atoms with Crippen molar-refractivity contribution in [1.29, 1.82) is 0 Å². The summed E-state index contributed by atoms with van der Waals surface area (Å²) >= 11 is 0. The summed E-state index contributed by atoms with van der Waals surface area (Å²) in [6.45, 7) is 3.03. The Kier molecular flexibility index (Phi) is 4.19. The summed E-state index contributed by atoms with van der Waals surface area (Å²) in [4.78, 5) is 18.3. The molecule has 25 heavy (non-hydrogen) atoms. The standard InChI is InChI=1S/C19H21N5O/c20-18(25)16-11-22-24-17(8-9-21-19(16)24)15-7-4-10-23(13-15)12-14-5-2-1-3-6-14/h1-3,5-6,8-9,11,15H,4,7,10,12-13H2,(H2,20,25). The normalized spacial score (nSPS) is 18.5. The second-order valence-corrected chi connectivity index (χ2v) is 6.59. The molecule has 1 amide bonds. The number of fused-ring (bicyclic) bond motifs is 1. The number of primary amides is 1. The number of carbonyl (C=O) groups excluding carboxylic acids is 1. The van der Waals surface area contributed by atoms with E-state index in [9.17, 15) is 4.79 Å². The van der Waals surface area contributed by atoms with Gasteiger partial charge in [0.2, 0.25) is 0 Å². The Balaban J connectivity index is 1.59. The van der Waals surface area contributed by atoms with Crippen LogP contribution in [-0.2, 0) is 6.54 Å². The third-order valence-electron chi connectivity index (χ3n) is 4.87. The van der Waals surface area contributed by atoms with E-state index in [-0.39, 0.29) is 0 Å². The first kappa shape index (κ1) is 15.8. The summed E-state index contributed by atoms with van der Waals surface area (Å²) in [7, 11) is 0. The monoisotopic (exact) mass is 335 g/mol. The fourth-order valence-electron chi connectivity index (χ4n) is 3.68. The first-order chi connectivity index (χ1) is 12.2. The van der Waals surface area contributed by atoms with Crippen molar-refractivity contribution >= 4 is 11.6 Å². The molecule has 0 bridgehead atoms. The summed E-state index contributed by atoms with van der Waals surface area (Å²) in [5, 5.41) is 4.36. The maximum absolute atomic E-state index is 11.5. The van der Waals surface area contributed by atoms with E-state index in [0.29, 0.717) is 17.1 Å². The molecule has 1 unspecified atom stereocenters. The highest BCUT2D eigenvalue weighted by Crippen LogP contribution is 2.28. The molecule has 0 aliphatic carbocycles. The Morgan fingerprint density at radius 3 is 2.88 bits per heavy atom. The van der Waals surface area contributed by atoms with Gasteiger partial charge in [0.1, 0.15) is 5.56 Å². The van der Waals surface area contributed by atoms with E-state index in [1.807, 2.05) is 12.1 Å². The van der Waals surface area contributed by atoms with Crippen molar-refractivity contribution in [2.45, 2.75) is 25.3 Å². The molecule has 6 nitrogen and oxygen atoms in total. The lowest BCUT2D eigenvalue weighted by Gasteiger charge is -2.33. The number of nitrogens with two attached hydrogens (primary N) is 1. The zero-order valence-electron chi connectivity index (χ0n) is 14.0. The molecule has 1 atom stereocenters. The van der Waals surface area contributed by atoms with Gasteiger partial charge < -0.3 is 5.73 Å². The van der Waals surface area contributed by atoms with Crippen molar-refractivity contribution in [3.8, 4) is 0 Å². The Morgan fingerprint density at radius 1 is 1.24 bits per heavy atom. The van der Waals surface area contributed by atoms with Gasteiger partial charge in [0, 0.05) is 25.2 Å². The maximum atomic E-state index is 11.5. The number of piperidine rings is 1. The van der Waals surface area contributed by atoms with Crippen LogP contribution in [0.2, 0.25) is 0 Å². The number of nitrogens with zero attached hydrogens (tertiary/aromatic N) is 4. The topological polar surface area (TPSA) is 76.5 Å². The second-order valence-electron chi connectivity index (χ2n) is 6.59. The van der Waals surface area contributed by atoms with Gasteiger partial charge in [-0.05, 0) is 31.0 Å². The number of hydrogen-bond donors (Lipinski definition) is 1. The van der Waals surface area contributed by atoms with Crippen molar-refractivity contribution in [2.75, 3.05) is 13.1 Å². The molecule has 1 fully saturated rings. The average molecular weight is 335 g/mol. The minimum atomic E-state index is -0.492. The second kappa shape index (κ2) is 6.64. The molecule has 2 aromatic heterocycles. The zero-order chi connectivity index (χ0) is 17.2. The van der Waals surface area contributed by atoms with Gasteiger partial charge in [0.25, 0.3) is 5.91 Å². The molecule has 0 spiro atoms. The molecule has 128 valence electrons. The van der Waals surface area contributed by atoms with Crippen LogP contribution in [0, 0.1) is 0 Å². The molecule has 4 rings (SSSR count). The van der Waals surface area contributed by atoms with E-state index in [1.165, 1.54) is 11.8 Å². The van der Waals surface area contributed by atoms with Crippen molar-refractivity contribution in [2.24, 2.45) is 5.73 Å². The van der Waals surface area contributed by atoms with Crippen LogP contribution in [0.1, 0.15) is 40.4 Å². The lowest BCUT2D eigenvalue weighted by Crippen LogP contribution is -2.34. The van der Waals surface area contributed by atoms with Crippen LogP contribution < -0.4 is 5.73 Å². The van der Waals surface area contributed by atoms with Gasteiger partial charge in [-0.1, -0.05) is 30.3 Å². The van der Waals surface area contributed by atoms with Crippen LogP contribution in [0.5, 0.6) is 0 Å². The SMILES string of the molecule is NC(=O)c1cnn2c(C3CCCN(Cc4ccccc4)C3)ccnc12. The lowest BCUT2D eigenvalue weighted by atomic mass is 9.94. The Morgan fingerprint density at radius 2 is 2.08 bits per heavy atom. The lowest BCUT2D eigenvalue weighted by molar-refractivity contribution is 0.100. The van der Waals surface area contributed by atoms with E-state index in [2.05, 4.69) is 39.2 Å². The molecule has 1 aliphatic heterocycles. The van der Waals surface area contributed by atoms with Crippen molar-refractivity contribution in [3.63, 3.8) is 0 Å². The van der Waals surface area contributed by atoms with Crippen LogP contribution in [0.4, 0.5) is 0 Å². The first-order valence-electron chi connectivity index (χ1n) is 8.61. The van der Waals surface area contributed by atoms with Crippen molar-refractivity contribution in [3.05, 3.63) is 65.6 Å². The predicted octanol–water partition coefficient (Wildman–Crippen LogP) is 2.21. The van der Waals surface area contributed by atoms with Crippen LogP contribution in [0.3, 0.4) is 0 Å². The molecule has 0 radical (unpaired) electrons. The van der Waals surface area contributed by atoms with Gasteiger partial charge in [-0.25, -0.2) is 9.50 Å². The number of likely N-dealkylation sites (tertiary alicyclic amines) is 1. The summed E-state index contributed by atoms with van der Waals surface area (Å²) in [6.07, 6.45) is 5.51. The van der Waals surface area contributed by atoms with Gasteiger partial charge in [-0.2, -0.15) is 5.10 Å². The highest BCUT2D eigenvalue weighted by Gasteiger charge is 2.24. The minimum Gasteiger partial charge on any atom is -0.365 e. The number of amides is 1. The third kappa shape index (κ3) is 3.13. The Labute approximate surface area is 146 Å². The number of hydrogen-bond acceptors (Lipinski definition) is 4. The number of carbonyl (C=O) groups is 1. The molecular weight excluding hydrogens is 314 g/mol. The van der Waals surface area contributed by atoms with E-state index in [4.69, 9.17) is 5.73 Å². The Hall–Kier alpha value is -2.73. The van der Waals surface area contributed by atoms with Gasteiger partial charge >= 0.3 is 0 Å². The summed E-state index contributed by atoms with van der Waals surface area (Å²) in [5.41, 5.74) is 8.77. The molecule has 3 heterocycles. The first-order valence-corrected chi connectivity index (χ1v) is 8.61. The number of benzene rings is 1. The summed E-state index contributed by atoms with van der Waals surface area (Å²) in [5.74, 6) is -0.127. The van der Waals surface area contributed by atoms with Crippen LogP contribution >= 0.6 is 0 Å². The fourth-order valence-corrected chi connectivity index (χ4v) is 3.68. The van der Waals surface area contributed by atoms with Gasteiger partial charge in [0.15, 0.2) is 5.65 Å². The van der Waals surface area contributed by atoms with Gasteiger partial charge in [-0.15, -0.1) is 0 Å². The molecule has 1 aliphatic rings. The number of aromatic nitrogens is 3. The van der Waals surface area contributed by atoms with Crippen LogP contribution in [-0.4, -0.2) is 38.5 Å². The van der Waals surface area contributed by atoms with E-state index in [0.717, 1.165) is 38.2 Å². The van der Waals surface area contributed by atoms with Crippen molar-refractivity contribution in [1.82, 2.24) is 19.5 Å². The molecule has 1 saturated heterocycles. The van der Waals surface area contributed by atoms with Gasteiger partial charge in [0.05, 0.1) is 11.9 Å². The van der Waals surface area contributed by atoms with Crippen LogP contribution in [0.25, 0.3) is 5.65 Å². The molecule has 3 aromatic rings. The third-order valence-corrected chi connectivity index (χ3v) is 4.87. The summed E-state index contributed by atoms with van der Waals surface area (Å²) < 4.78 is 1.77. The van der Waals surface area contributed by atoms with E-state index >= 15 is 0 Å². The quantitative estimate of drug-likeness (QED) is 0.793. The molecule has 6 heteroatoms. The smallest absolute Gasteiger partial charge is 0.254 e. The highest BCUT2D eigenvalue weighted by atomic mass is 16.1. The average Bonchev–Trinajstić information content (AvgIpc) is 3.07. The van der Waals surface area contributed by atoms with Crippen molar-refractivity contribution < 1.29 is 4.79 Å². The largest absolute Gasteiger partial charge is 0.365 e. The number of rotatable bonds is 4. The predicted molar refractivity (Wildman–Crippen MR) is 95.2 cm³/mol. The maximum Gasteiger partial charge on any atom is 0.254 e. The minimum absolute atomic E-state index is 0.364. The van der Waals surface area contributed by atoms with Crippen LogP contribution in [0.15, 0.2) is 48.8 Å². The van der Waals surface area contributed by atoms with Gasteiger partial charge in [-0.3, -0.25) is 9.69 Å².